The van der Waals surface area contributed by atoms with E-state index in [1.807, 2.05) is 6.07 Å². The van der Waals surface area contributed by atoms with Gasteiger partial charge in [-0.25, -0.2) is 4.98 Å². The average molecular weight is 339 g/mol. The van der Waals surface area contributed by atoms with Crippen LogP contribution in [0.25, 0.3) is 10.2 Å². The molecule has 0 spiro atoms. The molecule has 0 radical (unpaired) electrons. The molecule has 3 aromatic rings. The number of para-hydroxylation sites is 1. The zero-order chi connectivity index (χ0) is 16.2. The standard InChI is InChI=1S/C19H21N3OS/c1-2-6-15(7-3-1)13-22-10-11-23-16(14-22)12-20-19-21-17-8-4-5-9-18(17)24-19/h1-9,16H,10-14H2,(H,20,21). The SMILES string of the molecule is c1ccc(CN2CCOC(CNc3nc4ccccc4s3)C2)cc1. The lowest BCUT2D eigenvalue weighted by molar-refractivity contribution is -0.0240. The number of thiazole rings is 1. The molecular formula is C19H21N3OS. The van der Waals surface area contributed by atoms with Crippen LogP contribution in [-0.2, 0) is 11.3 Å². The number of nitrogens with one attached hydrogen (secondary N) is 1. The molecule has 1 atom stereocenters. The zero-order valence-corrected chi connectivity index (χ0v) is 14.3. The Labute approximate surface area is 146 Å². The third-order valence-corrected chi connectivity index (χ3v) is 5.24. The number of anilines is 1. The van der Waals surface area contributed by atoms with Crippen molar-refractivity contribution in [3.63, 3.8) is 0 Å². The minimum atomic E-state index is 0.203. The molecule has 1 aromatic heterocycles. The molecule has 2 heterocycles. The van der Waals surface area contributed by atoms with Crippen LogP contribution in [0.4, 0.5) is 5.13 Å². The Morgan fingerprint density at radius 3 is 2.83 bits per heavy atom. The lowest BCUT2D eigenvalue weighted by Gasteiger charge is -2.33. The molecule has 4 nitrogen and oxygen atoms in total. The molecule has 1 saturated heterocycles. The Morgan fingerprint density at radius 2 is 1.96 bits per heavy atom. The van der Waals surface area contributed by atoms with Gasteiger partial charge in [0.05, 0.1) is 22.9 Å². The van der Waals surface area contributed by atoms with Crippen LogP contribution >= 0.6 is 11.3 Å². The van der Waals surface area contributed by atoms with Crippen molar-refractivity contribution < 1.29 is 4.74 Å². The molecule has 0 amide bonds. The lowest BCUT2D eigenvalue weighted by Crippen LogP contribution is -2.44. The summed E-state index contributed by atoms with van der Waals surface area (Å²) in [4.78, 5) is 7.08. The normalized spacial score (nSPS) is 18.8. The third-order valence-electron chi connectivity index (χ3n) is 4.25. The number of hydrogen-bond acceptors (Lipinski definition) is 5. The van der Waals surface area contributed by atoms with Crippen LogP contribution in [0.2, 0.25) is 0 Å². The fraction of sp³-hybridized carbons (Fsp3) is 0.316. The first-order chi connectivity index (χ1) is 11.9. The maximum Gasteiger partial charge on any atom is 0.183 e. The van der Waals surface area contributed by atoms with Crippen molar-refractivity contribution in [3.8, 4) is 0 Å². The van der Waals surface area contributed by atoms with Gasteiger partial charge in [0.1, 0.15) is 0 Å². The maximum atomic E-state index is 5.91. The minimum Gasteiger partial charge on any atom is -0.374 e. The highest BCUT2D eigenvalue weighted by molar-refractivity contribution is 7.22. The van der Waals surface area contributed by atoms with E-state index in [1.54, 1.807) is 11.3 Å². The molecule has 0 aliphatic carbocycles. The Kier molecular flexibility index (Phi) is 4.74. The maximum absolute atomic E-state index is 5.91. The molecule has 4 rings (SSSR count). The van der Waals surface area contributed by atoms with Crippen LogP contribution in [0.15, 0.2) is 54.6 Å². The summed E-state index contributed by atoms with van der Waals surface area (Å²) in [5.74, 6) is 0. The molecule has 1 unspecified atom stereocenters. The molecule has 124 valence electrons. The molecular weight excluding hydrogens is 318 g/mol. The van der Waals surface area contributed by atoms with Gasteiger partial charge in [0.15, 0.2) is 5.13 Å². The first-order valence-corrected chi connectivity index (χ1v) is 9.16. The number of benzene rings is 2. The Balaban J connectivity index is 1.33. The van der Waals surface area contributed by atoms with E-state index in [2.05, 4.69) is 63.7 Å². The Hall–Kier alpha value is -1.95. The monoisotopic (exact) mass is 339 g/mol. The van der Waals surface area contributed by atoms with E-state index in [9.17, 15) is 0 Å². The highest BCUT2D eigenvalue weighted by Crippen LogP contribution is 2.25. The summed E-state index contributed by atoms with van der Waals surface area (Å²) >= 11 is 1.70. The van der Waals surface area contributed by atoms with Crippen molar-refractivity contribution in [2.75, 3.05) is 31.6 Å². The van der Waals surface area contributed by atoms with Gasteiger partial charge in [0.25, 0.3) is 0 Å². The van der Waals surface area contributed by atoms with Gasteiger partial charge in [0, 0.05) is 26.2 Å². The summed E-state index contributed by atoms with van der Waals surface area (Å²) in [5, 5.41) is 4.42. The largest absolute Gasteiger partial charge is 0.374 e. The number of morpholine rings is 1. The zero-order valence-electron chi connectivity index (χ0n) is 13.5. The van der Waals surface area contributed by atoms with Crippen LogP contribution in [-0.4, -0.2) is 42.2 Å². The smallest absolute Gasteiger partial charge is 0.183 e. The predicted octanol–water partition coefficient (Wildman–Crippen LogP) is 3.61. The highest BCUT2D eigenvalue weighted by Gasteiger charge is 2.20. The first-order valence-electron chi connectivity index (χ1n) is 8.34. The topological polar surface area (TPSA) is 37.4 Å². The van der Waals surface area contributed by atoms with Crippen molar-refractivity contribution in [2.45, 2.75) is 12.6 Å². The van der Waals surface area contributed by atoms with Gasteiger partial charge in [-0.15, -0.1) is 0 Å². The van der Waals surface area contributed by atoms with E-state index >= 15 is 0 Å². The molecule has 2 aromatic carbocycles. The third kappa shape index (κ3) is 3.75. The summed E-state index contributed by atoms with van der Waals surface area (Å²) in [6.07, 6.45) is 0.203. The summed E-state index contributed by atoms with van der Waals surface area (Å²) in [6.45, 7) is 4.52. The van der Waals surface area contributed by atoms with Gasteiger partial charge in [-0.3, -0.25) is 4.90 Å². The summed E-state index contributed by atoms with van der Waals surface area (Å²) in [6, 6.07) is 18.9. The van der Waals surface area contributed by atoms with Gasteiger partial charge in [-0.05, 0) is 17.7 Å². The highest BCUT2D eigenvalue weighted by atomic mass is 32.1. The number of hydrogen-bond donors (Lipinski definition) is 1. The molecule has 1 aliphatic rings. The van der Waals surface area contributed by atoms with Crippen molar-refractivity contribution in [1.29, 1.82) is 0 Å². The molecule has 0 bridgehead atoms. The van der Waals surface area contributed by atoms with Gasteiger partial charge in [-0.1, -0.05) is 53.8 Å². The second kappa shape index (κ2) is 7.30. The molecule has 5 heteroatoms. The first kappa shape index (κ1) is 15.6. The van der Waals surface area contributed by atoms with Crippen LogP contribution in [0.3, 0.4) is 0 Å². The minimum absolute atomic E-state index is 0.203. The number of fused-ring (bicyclic) bond motifs is 1. The van der Waals surface area contributed by atoms with Crippen molar-refractivity contribution >= 4 is 26.7 Å². The fourth-order valence-electron chi connectivity index (χ4n) is 3.04. The van der Waals surface area contributed by atoms with Gasteiger partial charge < -0.3 is 10.1 Å². The van der Waals surface area contributed by atoms with Gasteiger partial charge in [0.2, 0.25) is 0 Å². The van der Waals surface area contributed by atoms with Crippen LogP contribution < -0.4 is 5.32 Å². The van der Waals surface area contributed by atoms with E-state index in [-0.39, 0.29) is 6.10 Å². The van der Waals surface area contributed by atoms with Crippen LogP contribution in [0.5, 0.6) is 0 Å². The number of ether oxygens (including phenoxy) is 1. The van der Waals surface area contributed by atoms with Crippen LogP contribution in [0, 0.1) is 0 Å². The van der Waals surface area contributed by atoms with E-state index in [0.29, 0.717) is 0 Å². The molecule has 1 fully saturated rings. The van der Waals surface area contributed by atoms with E-state index < -0.39 is 0 Å². The Bertz CT molecular complexity index is 756. The van der Waals surface area contributed by atoms with E-state index in [0.717, 1.165) is 43.4 Å². The second-order valence-corrected chi connectivity index (χ2v) is 7.11. The van der Waals surface area contributed by atoms with Crippen molar-refractivity contribution in [1.82, 2.24) is 9.88 Å². The average Bonchev–Trinajstić information content (AvgIpc) is 3.04. The fourth-order valence-corrected chi connectivity index (χ4v) is 3.91. The van der Waals surface area contributed by atoms with E-state index in [1.165, 1.54) is 10.3 Å². The second-order valence-electron chi connectivity index (χ2n) is 6.08. The van der Waals surface area contributed by atoms with E-state index in [4.69, 9.17) is 4.74 Å². The summed E-state index contributed by atoms with van der Waals surface area (Å²) in [5.41, 5.74) is 2.41. The number of nitrogens with zero attached hydrogens (tertiary/aromatic N) is 2. The van der Waals surface area contributed by atoms with Crippen molar-refractivity contribution in [2.24, 2.45) is 0 Å². The quantitative estimate of drug-likeness (QED) is 0.770. The molecule has 1 aliphatic heterocycles. The molecule has 24 heavy (non-hydrogen) atoms. The van der Waals surface area contributed by atoms with Gasteiger partial charge in [-0.2, -0.15) is 0 Å². The van der Waals surface area contributed by atoms with Crippen molar-refractivity contribution in [3.05, 3.63) is 60.2 Å². The number of rotatable bonds is 5. The number of aromatic nitrogens is 1. The Morgan fingerprint density at radius 1 is 1.12 bits per heavy atom. The molecule has 0 saturated carbocycles. The van der Waals surface area contributed by atoms with Crippen LogP contribution in [0.1, 0.15) is 5.56 Å². The predicted molar refractivity (Wildman–Crippen MR) is 99.6 cm³/mol. The molecule has 1 N–H and O–H groups in total. The lowest BCUT2D eigenvalue weighted by atomic mass is 10.2. The van der Waals surface area contributed by atoms with Gasteiger partial charge >= 0.3 is 0 Å². The summed E-state index contributed by atoms with van der Waals surface area (Å²) < 4.78 is 7.13. The summed E-state index contributed by atoms with van der Waals surface area (Å²) in [7, 11) is 0.